The van der Waals surface area contributed by atoms with Crippen molar-refractivity contribution < 1.29 is 23.1 Å². The van der Waals surface area contributed by atoms with Gasteiger partial charge < -0.3 is 15.0 Å². The number of nitrogens with one attached hydrogen (secondary N) is 1. The summed E-state index contributed by atoms with van der Waals surface area (Å²) < 4.78 is 33.2. The van der Waals surface area contributed by atoms with Crippen LogP contribution in [0.5, 0.6) is 5.75 Å². The Morgan fingerprint density at radius 3 is 2.52 bits per heavy atom. The number of anilines is 1. The Hall–Kier alpha value is -3.22. The molecule has 2 amide bonds. The van der Waals surface area contributed by atoms with Crippen LogP contribution in [0.4, 0.5) is 14.5 Å². The van der Waals surface area contributed by atoms with Crippen molar-refractivity contribution in [3.05, 3.63) is 71.8 Å². The molecule has 2 aromatic carbocycles. The monoisotopic (exact) mass is 372 g/mol. The lowest BCUT2D eigenvalue weighted by molar-refractivity contribution is -0.113. The summed E-state index contributed by atoms with van der Waals surface area (Å²) in [5, 5.41) is 2.72. The SMILES string of the molecule is C=CC(=O)N(C)c1ccc(C(=O)N[C@@H]2CCOc3c(F)ccc(F)c32)cc1. The highest BCUT2D eigenvalue weighted by Gasteiger charge is 2.29. The predicted octanol–water partition coefficient (Wildman–Crippen LogP) is 3.37. The largest absolute Gasteiger partial charge is 0.490 e. The number of ether oxygens (including phenoxy) is 1. The van der Waals surface area contributed by atoms with Gasteiger partial charge in [0.15, 0.2) is 11.6 Å². The van der Waals surface area contributed by atoms with Crippen molar-refractivity contribution in [2.24, 2.45) is 0 Å². The minimum Gasteiger partial charge on any atom is -0.490 e. The molecule has 0 fully saturated rings. The topological polar surface area (TPSA) is 58.6 Å². The standard InChI is InChI=1S/C20H18F2N2O3/c1-3-17(25)24(2)13-6-4-12(5-7-13)20(26)23-16-10-11-27-19-15(22)9-8-14(21)18(16)19/h3-9,16H,1,10-11H2,2H3,(H,23,26)/t16-/m1/s1. The van der Waals surface area contributed by atoms with Crippen LogP contribution >= 0.6 is 0 Å². The first-order valence-electron chi connectivity index (χ1n) is 8.34. The third-order valence-electron chi connectivity index (χ3n) is 4.42. The van der Waals surface area contributed by atoms with Crippen LogP contribution in [0.25, 0.3) is 0 Å². The van der Waals surface area contributed by atoms with Gasteiger partial charge in [-0.05, 0) is 42.5 Å². The second-order valence-corrected chi connectivity index (χ2v) is 6.08. The maximum Gasteiger partial charge on any atom is 0.251 e. The summed E-state index contributed by atoms with van der Waals surface area (Å²) in [6.45, 7) is 3.60. The van der Waals surface area contributed by atoms with E-state index >= 15 is 0 Å². The fourth-order valence-electron chi connectivity index (χ4n) is 2.93. The normalized spacial score (nSPS) is 15.3. The third-order valence-corrected chi connectivity index (χ3v) is 4.42. The third kappa shape index (κ3) is 3.67. The van der Waals surface area contributed by atoms with E-state index in [0.717, 1.165) is 12.1 Å². The van der Waals surface area contributed by atoms with E-state index in [2.05, 4.69) is 11.9 Å². The lowest BCUT2D eigenvalue weighted by atomic mass is 9.99. The number of hydrogen-bond donors (Lipinski definition) is 1. The molecule has 0 saturated carbocycles. The van der Waals surface area contributed by atoms with Crippen molar-refractivity contribution in [3.63, 3.8) is 0 Å². The van der Waals surface area contributed by atoms with Crippen molar-refractivity contribution in [2.75, 3.05) is 18.6 Å². The maximum atomic E-state index is 14.2. The van der Waals surface area contributed by atoms with Crippen LogP contribution in [-0.2, 0) is 4.79 Å². The Balaban J connectivity index is 1.78. The molecule has 1 aliphatic heterocycles. The molecule has 1 atom stereocenters. The Morgan fingerprint density at radius 2 is 1.85 bits per heavy atom. The van der Waals surface area contributed by atoms with E-state index in [1.807, 2.05) is 0 Å². The van der Waals surface area contributed by atoms with Crippen LogP contribution in [0.15, 0.2) is 49.1 Å². The summed E-state index contributed by atoms with van der Waals surface area (Å²) in [4.78, 5) is 25.5. The highest BCUT2D eigenvalue weighted by molar-refractivity contribution is 6.01. The van der Waals surface area contributed by atoms with Crippen LogP contribution in [0.2, 0.25) is 0 Å². The molecule has 7 heteroatoms. The molecule has 1 N–H and O–H groups in total. The number of fused-ring (bicyclic) bond motifs is 1. The Labute approximate surface area is 155 Å². The summed E-state index contributed by atoms with van der Waals surface area (Å²) in [6.07, 6.45) is 1.52. The highest BCUT2D eigenvalue weighted by Crippen LogP contribution is 2.36. The van der Waals surface area contributed by atoms with E-state index < -0.39 is 23.6 Å². The van der Waals surface area contributed by atoms with Crippen molar-refractivity contribution in [1.82, 2.24) is 5.32 Å². The van der Waals surface area contributed by atoms with Gasteiger partial charge >= 0.3 is 0 Å². The number of nitrogens with zero attached hydrogens (tertiary/aromatic N) is 1. The molecule has 140 valence electrons. The average molecular weight is 372 g/mol. The van der Waals surface area contributed by atoms with E-state index in [4.69, 9.17) is 4.74 Å². The smallest absolute Gasteiger partial charge is 0.251 e. The summed E-state index contributed by atoms with van der Waals surface area (Å²) >= 11 is 0. The van der Waals surface area contributed by atoms with E-state index in [1.165, 1.54) is 11.0 Å². The zero-order chi connectivity index (χ0) is 19.6. The van der Waals surface area contributed by atoms with Gasteiger partial charge in [0.05, 0.1) is 18.2 Å². The number of amides is 2. The number of benzene rings is 2. The van der Waals surface area contributed by atoms with E-state index in [9.17, 15) is 18.4 Å². The molecule has 5 nitrogen and oxygen atoms in total. The fraction of sp³-hybridized carbons (Fsp3) is 0.200. The highest BCUT2D eigenvalue weighted by atomic mass is 19.1. The summed E-state index contributed by atoms with van der Waals surface area (Å²) in [5.41, 5.74) is 0.951. The molecule has 0 bridgehead atoms. The Bertz CT molecular complexity index is 897. The Morgan fingerprint density at radius 1 is 1.19 bits per heavy atom. The van der Waals surface area contributed by atoms with Gasteiger partial charge in [0.2, 0.25) is 5.91 Å². The molecule has 1 aliphatic rings. The molecule has 0 aliphatic carbocycles. The van der Waals surface area contributed by atoms with Gasteiger partial charge in [0.25, 0.3) is 5.91 Å². The first-order valence-corrected chi connectivity index (χ1v) is 8.34. The van der Waals surface area contributed by atoms with Gasteiger partial charge in [0.1, 0.15) is 5.82 Å². The zero-order valence-electron chi connectivity index (χ0n) is 14.7. The van der Waals surface area contributed by atoms with E-state index in [-0.39, 0.29) is 23.8 Å². The molecule has 0 radical (unpaired) electrons. The summed E-state index contributed by atoms with van der Waals surface area (Å²) in [5.74, 6) is -2.16. The van der Waals surface area contributed by atoms with Gasteiger partial charge in [-0.1, -0.05) is 6.58 Å². The van der Waals surface area contributed by atoms with Gasteiger partial charge in [-0.15, -0.1) is 0 Å². The molecule has 2 aromatic rings. The number of likely N-dealkylation sites (N-methyl/N-ethyl adjacent to an activating group) is 1. The van der Waals surface area contributed by atoms with Crippen molar-refractivity contribution >= 4 is 17.5 Å². The minimum atomic E-state index is -0.693. The van der Waals surface area contributed by atoms with Gasteiger partial charge in [-0.2, -0.15) is 0 Å². The molecule has 0 spiro atoms. The number of halogens is 2. The van der Waals surface area contributed by atoms with Crippen molar-refractivity contribution in [3.8, 4) is 5.75 Å². The van der Waals surface area contributed by atoms with Crippen molar-refractivity contribution in [2.45, 2.75) is 12.5 Å². The predicted molar refractivity (Wildman–Crippen MR) is 96.7 cm³/mol. The summed E-state index contributed by atoms with van der Waals surface area (Å²) in [7, 11) is 1.59. The van der Waals surface area contributed by atoms with Crippen LogP contribution in [-0.4, -0.2) is 25.5 Å². The number of hydrogen-bond acceptors (Lipinski definition) is 3. The zero-order valence-corrected chi connectivity index (χ0v) is 14.7. The van der Waals surface area contributed by atoms with Crippen LogP contribution < -0.4 is 15.0 Å². The number of carbonyl (C=O) groups is 2. The molecule has 1 heterocycles. The molecular weight excluding hydrogens is 354 g/mol. The first-order chi connectivity index (χ1) is 12.9. The number of carbonyl (C=O) groups excluding carboxylic acids is 2. The molecule has 0 unspecified atom stereocenters. The van der Waals surface area contributed by atoms with Crippen LogP contribution in [0.1, 0.15) is 28.4 Å². The second kappa shape index (κ2) is 7.57. The second-order valence-electron chi connectivity index (χ2n) is 6.08. The van der Waals surface area contributed by atoms with E-state index in [0.29, 0.717) is 17.7 Å². The molecule has 0 aromatic heterocycles. The van der Waals surface area contributed by atoms with E-state index in [1.54, 1.807) is 31.3 Å². The molecule has 3 rings (SSSR count). The number of rotatable bonds is 4. The minimum absolute atomic E-state index is 0.0162. The van der Waals surface area contributed by atoms with Gasteiger partial charge in [-0.25, -0.2) is 8.78 Å². The maximum absolute atomic E-state index is 14.2. The Kier molecular flexibility index (Phi) is 5.21. The average Bonchev–Trinajstić information content (AvgIpc) is 2.69. The quantitative estimate of drug-likeness (QED) is 0.838. The molecule has 0 saturated heterocycles. The van der Waals surface area contributed by atoms with Crippen molar-refractivity contribution in [1.29, 1.82) is 0 Å². The summed E-state index contributed by atoms with van der Waals surface area (Å²) in [6, 6.07) is 7.67. The lowest BCUT2D eigenvalue weighted by Crippen LogP contribution is -2.33. The van der Waals surface area contributed by atoms with Crippen LogP contribution in [0, 0.1) is 11.6 Å². The fourth-order valence-corrected chi connectivity index (χ4v) is 2.93. The van der Waals surface area contributed by atoms with Crippen LogP contribution in [0.3, 0.4) is 0 Å². The van der Waals surface area contributed by atoms with Gasteiger partial charge in [-0.3, -0.25) is 9.59 Å². The van der Waals surface area contributed by atoms with Gasteiger partial charge in [0, 0.05) is 24.7 Å². The molecule has 27 heavy (non-hydrogen) atoms. The lowest BCUT2D eigenvalue weighted by Gasteiger charge is -2.27. The first kappa shape index (κ1) is 18.6. The molecular formula is C20H18F2N2O3.